The zero-order valence-corrected chi connectivity index (χ0v) is 11.6. The normalized spacial score (nSPS) is 30.4. The molecule has 2 atom stereocenters. The molecule has 17 heavy (non-hydrogen) atoms. The first-order valence-electron chi connectivity index (χ1n) is 6.21. The van der Waals surface area contributed by atoms with Crippen molar-refractivity contribution in [1.82, 2.24) is 4.90 Å². The molecule has 0 radical (unpaired) electrons. The molecule has 1 fully saturated rings. The van der Waals surface area contributed by atoms with Crippen molar-refractivity contribution < 1.29 is 5.11 Å². The molecule has 94 valence electrons. The summed E-state index contributed by atoms with van der Waals surface area (Å²) in [7, 11) is 2.18. The number of thioether (sulfide) groups is 1. The molecule has 1 aliphatic heterocycles. The number of phenols is 1. The Morgan fingerprint density at radius 1 is 1.53 bits per heavy atom. The third-order valence-corrected chi connectivity index (χ3v) is 5.12. The molecular weight excluding hydrogens is 230 g/mol. The van der Waals surface area contributed by atoms with Gasteiger partial charge >= 0.3 is 0 Å². The topological polar surface area (TPSA) is 23.5 Å². The molecule has 2 nitrogen and oxygen atoms in total. The molecule has 1 unspecified atom stereocenters. The second-order valence-corrected chi connectivity index (χ2v) is 6.85. The van der Waals surface area contributed by atoms with E-state index in [-0.39, 0.29) is 4.75 Å². The van der Waals surface area contributed by atoms with Crippen LogP contribution in [0.25, 0.3) is 0 Å². The first-order valence-corrected chi connectivity index (χ1v) is 7.09. The number of rotatable bonds is 2. The molecule has 0 amide bonds. The number of aromatic hydroxyl groups is 1. The van der Waals surface area contributed by atoms with Crippen molar-refractivity contribution >= 4 is 11.8 Å². The summed E-state index contributed by atoms with van der Waals surface area (Å²) < 4.78 is 0.130. The summed E-state index contributed by atoms with van der Waals surface area (Å²) >= 11 is 2.05. The molecule has 0 aliphatic carbocycles. The standard InChI is InChI=1S/C14H21NOS/c1-4-14(10-15(3)9-11(2)17-14)12-6-5-7-13(16)8-12/h5-8,11,16H,4,9-10H2,1-3H3/t11-,14?/m0/s1. The maximum absolute atomic E-state index is 9.66. The highest BCUT2D eigenvalue weighted by molar-refractivity contribution is 8.00. The Morgan fingerprint density at radius 3 is 2.88 bits per heavy atom. The third-order valence-electron chi connectivity index (χ3n) is 3.46. The molecule has 0 bridgehead atoms. The van der Waals surface area contributed by atoms with Gasteiger partial charge < -0.3 is 10.0 Å². The zero-order valence-electron chi connectivity index (χ0n) is 10.8. The van der Waals surface area contributed by atoms with Crippen molar-refractivity contribution in [1.29, 1.82) is 0 Å². The van der Waals surface area contributed by atoms with Crippen LogP contribution in [-0.4, -0.2) is 35.4 Å². The SMILES string of the molecule is CCC1(c2cccc(O)c2)CN(C)C[C@H](C)S1. The molecule has 0 aromatic heterocycles. The first kappa shape index (κ1) is 12.8. The highest BCUT2D eigenvalue weighted by Crippen LogP contribution is 2.46. The van der Waals surface area contributed by atoms with E-state index in [1.165, 1.54) is 5.56 Å². The van der Waals surface area contributed by atoms with Crippen molar-refractivity contribution in [3.05, 3.63) is 29.8 Å². The van der Waals surface area contributed by atoms with E-state index < -0.39 is 0 Å². The molecule has 1 aromatic rings. The van der Waals surface area contributed by atoms with E-state index in [0.29, 0.717) is 11.0 Å². The molecule has 1 aliphatic rings. The van der Waals surface area contributed by atoms with Crippen LogP contribution in [0.3, 0.4) is 0 Å². The highest BCUT2D eigenvalue weighted by Gasteiger charge is 2.38. The van der Waals surface area contributed by atoms with Gasteiger partial charge in [-0.3, -0.25) is 0 Å². The van der Waals surface area contributed by atoms with Crippen LogP contribution >= 0.6 is 11.8 Å². The fourth-order valence-electron chi connectivity index (χ4n) is 2.75. The van der Waals surface area contributed by atoms with Crippen molar-refractivity contribution in [2.45, 2.75) is 30.3 Å². The minimum atomic E-state index is 0.130. The Labute approximate surface area is 108 Å². The Bertz CT molecular complexity index is 384. The van der Waals surface area contributed by atoms with Gasteiger partial charge in [0, 0.05) is 18.3 Å². The predicted octanol–water partition coefficient (Wildman–Crippen LogP) is 3.06. The lowest BCUT2D eigenvalue weighted by Gasteiger charge is -2.44. The molecule has 3 heteroatoms. The Balaban J connectivity index is 2.36. The van der Waals surface area contributed by atoms with E-state index in [1.54, 1.807) is 6.07 Å². The second kappa shape index (κ2) is 4.91. The average Bonchev–Trinajstić information content (AvgIpc) is 2.27. The predicted molar refractivity (Wildman–Crippen MR) is 74.6 cm³/mol. The van der Waals surface area contributed by atoms with Crippen molar-refractivity contribution in [3.8, 4) is 5.75 Å². The number of nitrogens with zero attached hydrogens (tertiary/aromatic N) is 1. The largest absolute Gasteiger partial charge is 0.508 e. The second-order valence-electron chi connectivity index (χ2n) is 5.02. The molecule has 0 spiro atoms. The fourth-order valence-corrected chi connectivity index (χ4v) is 4.57. The Morgan fingerprint density at radius 2 is 2.29 bits per heavy atom. The third kappa shape index (κ3) is 2.61. The molecule has 1 N–H and O–H groups in total. The van der Waals surface area contributed by atoms with Crippen LogP contribution in [0.5, 0.6) is 5.75 Å². The lowest BCUT2D eigenvalue weighted by molar-refractivity contribution is 0.278. The van der Waals surface area contributed by atoms with Crippen LogP contribution in [-0.2, 0) is 4.75 Å². The van der Waals surface area contributed by atoms with Gasteiger partial charge in [0.05, 0.1) is 4.75 Å². The van der Waals surface area contributed by atoms with Crippen LogP contribution < -0.4 is 0 Å². The minimum absolute atomic E-state index is 0.130. The van der Waals surface area contributed by atoms with Gasteiger partial charge in [-0.15, -0.1) is 11.8 Å². The number of benzene rings is 1. The summed E-state index contributed by atoms with van der Waals surface area (Å²) in [6.07, 6.45) is 1.09. The zero-order chi connectivity index (χ0) is 12.5. The van der Waals surface area contributed by atoms with Gasteiger partial charge in [0.15, 0.2) is 0 Å². The van der Waals surface area contributed by atoms with Crippen LogP contribution in [0.15, 0.2) is 24.3 Å². The van der Waals surface area contributed by atoms with Crippen molar-refractivity contribution in [3.63, 3.8) is 0 Å². The van der Waals surface area contributed by atoms with Gasteiger partial charge in [0.25, 0.3) is 0 Å². The van der Waals surface area contributed by atoms with E-state index >= 15 is 0 Å². The van der Waals surface area contributed by atoms with Gasteiger partial charge in [-0.05, 0) is 31.2 Å². The Hall–Kier alpha value is -0.670. The fraction of sp³-hybridized carbons (Fsp3) is 0.571. The van der Waals surface area contributed by atoms with E-state index in [1.807, 2.05) is 23.9 Å². The summed E-state index contributed by atoms with van der Waals surface area (Å²) in [6.45, 7) is 6.73. The van der Waals surface area contributed by atoms with E-state index in [2.05, 4.69) is 31.9 Å². The maximum atomic E-state index is 9.66. The monoisotopic (exact) mass is 251 g/mol. The highest BCUT2D eigenvalue weighted by atomic mass is 32.2. The van der Waals surface area contributed by atoms with E-state index in [0.717, 1.165) is 19.5 Å². The molecule has 1 heterocycles. The van der Waals surface area contributed by atoms with Crippen molar-refractivity contribution in [2.75, 3.05) is 20.1 Å². The van der Waals surface area contributed by atoms with E-state index in [4.69, 9.17) is 0 Å². The van der Waals surface area contributed by atoms with E-state index in [9.17, 15) is 5.11 Å². The summed E-state index contributed by atoms with van der Waals surface area (Å²) in [5.74, 6) is 0.372. The van der Waals surface area contributed by atoms with Gasteiger partial charge in [-0.25, -0.2) is 0 Å². The summed E-state index contributed by atoms with van der Waals surface area (Å²) in [6, 6.07) is 7.75. The molecular formula is C14H21NOS. The summed E-state index contributed by atoms with van der Waals surface area (Å²) in [4.78, 5) is 2.40. The average molecular weight is 251 g/mol. The number of phenolic OH excluding ortho intramolecular Hbond substituents is 1. The van der Waals surface area contributed by atoms with Gasteiger partial charge in [0.2, 0.25) is 0 Å². The first-order chi connectivity index (χ1) is 8.05. The lowest BCUT2D eigenvalue weighted by atomic mass is 9.94. The molecule has 2 rings (SSSR count). The lowest BCUT2D eigenvalue weighted by Crippen LogP contribution is -2.45. The van der Waals surface area contributed by atoms with Crippen LogP contribution in [0.1, 0.15) is 25.8 Å². The molecule has 1 aromatic carbocycles. The quantitative estimate of drug-likeness (QED) is 0.874. The van der Waals surface area contributed by atoms with Gasteiger partial charge in [-0.2, -0.15) is 0 Å². The van der Waals surface area contributed by atoms with Gasteiger partial charge in [0.1, 0.15) is 5.75 Å². The molecule has 1 saturated heterocycles. The van der Waals surface area contributed by atoms with Crippen LogP contribution in [0, 0.1) is 0 Å². The maximum Gasteiger partial charge on any atom is 0.115 e. The Kier molecular flexibility index (Phi) is 3.69. The van der Waals surface area contributed by atoms with Crippen molar-refractivity contribution in [2.24, 2.45) is 0 Å². The number of hydrogen-bond donors (Lipinski definition) is 1. The summed E-state index contributed by atoms with van der Waals surface area (Å²) in [5.41, 5.74) is 1.25. The van der Waals surface area contributed by atoms with Crippen LogP contribution in [0.4, 0.5) is 0 Å². The molecule has 0 saturated carbocycles. The number of hydrogen-bond acceptors (Lipinski definition) is 3. The van der Waals surface area contributed by atoms with Crippen LogP contribution in [0.2, 0.25) is 0 Å². The minimum Gasteiger partial charge on any atom is -0.508 e. The summed E-state index contributed by atoms with van der Waals surface area (Å²) in [5, 5.41) is 10.3. The smallest absolute Gasteiger partial charge is 0.115 e. The van der Waals surface area contributed by atoms with Gasteiger partial charge in [-0.1, -0.05) is 26.0 Å². The number of likely N-dealkylation sites (N-methyl/N-ethyl adjacent to an activating group) is 1.